The third-order valence-corrected chi connectivity index (χ3v) is 4.05. The van der Waals surface area contributed by atoms with Gasteiger partial charge in [-0.1, -0.05) is 50.3 Å². The summed E-state index contributed by atoms with van der Waals surface area (Å²) in [5.74, 6) is -0.962. The molecule has 5 heteroatoms. The van der Waals surface area contributed by atoms with Crippen LogP contribution in [-0.4, -0.2) is 16.0 Å². The van der Waals surface area contributed by atoms with Crippen molar-refractivity contribution >= 4 is 17.7 Å². The van der Waals surface area contributed by atoms with Crippen LogP contribution in [0.3, 0.4) is 0 Å². The van der Waals surface area contributed by atoms with E-state index in [1.165, 1.54) is 43.9 Å². The molecule has 0 unspecified atom stereocenters. The van der Waals surface area contributed by atoms with E-state index in [1.54, 1.807) is 12.1 Å². The molecule has 0 atom stereocenters. The molecule has 1 N–H and O–H groups in total. The van der Waals surface area contributed by atoms with Gasteiger partial charge >= 0.3 is 5.97 Å². The third kappa shape index (κ3) is 8.84. The summed E-state index contributed by atoms with van der Waals surface area (Å²) in [5.41, 5.74) is 0.815. The first-order chi connectivity index (χ1) is 12.0. The normalized spacial score (nSPS) is 11.3. The van der Waals surface area contributed by atoms with E-state index in [4.69, 9.17) is 0 Å². The number of aliphatic carboxylic acids is 1. The Morgan fingerprint density at radius 3 is 2.36 bits per heavy atom. The zero-order chi connectivity index (χ0) is 18.5. The molecule has 0 aliphatic carbocycles. The van der Waals surface area contributed by atoms with Crippen molar-refractivity contribution in [2.45, 2.75) is 57.8 Å². The number of unbranched alkanes of at least 4 members (excludes halogenated alkanes) is 7. The quantitative estimate of drug-likeness (QED) is 0.162. The highest BCUT2D eigenvalue weighted by Gasteiger charge is 2.09. The molecule has 0 aliphatic rings. The maximum absolute atomic E-state index is 11.4. The Labute approximate surface area is 149 Å². The molecule has 0 bridgehead atoms. The molecule has 0 aliphatic heterocycles. The first-order valence-corrected chi connectivity index (χ1v) is 8.84. The van der Waals surface area contributed by atoms with Crippen molar-refractivity contribution in [3.05, 3.63) is 58.2 Å². The Hall–Kier alpha value is -2.43. The van der Waals surface area contributed by atoms with Crippen LogP contribution in [0.4, 0.5) is 5.69 Å². The van der Waals surface area contributed by atoms with E-state index in [2.05, 4.69) is 6.58 Å². The number of nitrogens with zero attached hydrogens (tertiary/aromatic N) is 1. The number of carboxylic acids is 1. The van der Waals surface area contributed by atoms with Gasteiger partial charge in [0.2, 0.25) is 0 Å². The topological polar surface area (TPSA) is 80.4 Å². The summed E-state index contributed by atoms with van der Waals surface area (Å²) in [6, 6.07) is 6.04. The van der Waals surface area contributed by atoms with Crippen LogP contribution in [0.5, 0.6) is 0 Å². The third-order valence-electron chi connectivity index (χ3n) is 4.05. The summed E-state index contributed by atoms with van der Waals surface area (Å²) >= 11 is 0. The van der Waals surface area contributed by atoms with E-state index in [0.29, 0.717) is 17.6 Å². The molecule has 1 rings (SSSR count). The van der Waals surface area contributed by atoms with Gasteiger partial charge in [0.25, 0.3) is 5.69 Å². The van der Waals surface area contributed by atoms with Crippen LogP contribution in [-0.2, 0) is 4.79 Å². The molecule has 0 saturated heterocycles. The van der Waals surface area contributed by atoms with Crippen molar-refractivity contribution in [1.82, 2.24) is 0 Å². The van der Waals surface area contributed by atoms with Crippen molar-refractivity contribution in [3.8, 4) is 0 Å². The van der Waals surface area contributed by atoms with Gasteiger partial charge in [-0.25, -0.2) is 4.79 Å². The molecule has 0 aromatic heterocycles. The van der Waals surface area contributed by atoms with Gasteiger partial charge in [-0.05, 0) is 37.3 Å². The number of nitro groups is 1. The van der Waals surface area contributed by atoms with Crippen molar-refractivity contribution in [1.29, 1.82) is 0 Å². The van der Waals surface area contributed by atoms with Gasteiger partial charge in [0.05, 0.1) is 4.92 Å². The molecule has 0 fully saturated rings. The first-order valence-electron chi connectivity index (χ1n) is 8.84. The molecule has 136 valence electrons. The van der Waals surface area contributed by atoms with Gasteiger partial charge < -0.3 is 5.11 Å². The Kier molecular flexibility index (Phi) is 9.90. The van der Waals surface area contributed by atoms with Crippen molar-refractivity contribution in [3.63, 3.8) is 0 Å². The predicted molar refractivity (Wildman–Crippen MR) is 100 cm³/mol. The number of nitro benzene ring substituents is 1. The zero-order valence-corrected chi connectivity index (χ0v) is 14.7. The summed E-state index contributed by atoms with van der Waals surface area (Å²) in [6.07, 6.45) is 12.8. The zero-order valence-electron chi connectivity index (χ0n) is 14.7. The molecule has 0 spiro atoms. The maximum atomic E-state index is 11.4. The minimum Gasteiger partial charge on any atom is -0.478 e. The van der Waals surface area contributed by atoms with E-state index in [-0.39, 0.29) is 5.69 Å². The number of hydrogen-bond acceptors (Lipinski definition) is 3. The number of allylic oxidation sites excluding steroid dienone is 1. The van der Waals surface area contributed by atoms with Gasteiger partial charge in [-0.3, -0.25) is 10.1 Å². The van der Waals surface area contributed by atoms with Crippen LogP contribution >= 0.6 is 0 Å². The Bertz CT molecular complexity index is 607. The Morgan fingerprint density at radius 1 is 1.12 bits per heavy atom. The molecule has 25 heavy (non-hydrogen) atoms. The highest BCUT2D eigenvalue weighted by molar-refractivity contribution is 5.92. The Morgan fingerprint density at radius 2 is 1.76 bits per heavy atom. The lowest BCUT2D eigenvalue weighted by Crippen LogP contribution is -2.00. The second-order valence-electron chi connectivity index (χ2n) is 6.13. The molecule has 0 amide bonds. The largest absolute Gasteiger partial charge is 0.478 e. The van der Waals surface area contributed by atoms with Crippen LogP contribution in [0.1, 0.15) is 63.4 Å². The smallest absolute Gasteiger partial charge is 0.331 e. The predicted octanol–water partition coefficient (Wildman–Crippen LogP) is 5.76. The van der Waals surface area contributed by atoms with Crippen molar-refractivity contribution < 1.29 is 14.8 Å². The second-order valence-corrected chi connectivity index (χ2v) is 6.13. The lowest BCUT2D eigenvalue weighted by molar-refractivity contribution is -0.384. The fourth-order valence-electron chi connectivity index (χ4n) is 2.66. The maximum Gasteiger partial charge on any atom is 0.331 e. The van der Waals surface area contributed by atoms with Gasteiger partial charge in [0.1, 0.15) is 0 Å². The number of hydrogen-bond donors (Lipinski definition) is 1. The minimum atomic E-state index is -0.962. The van der Waals surface area contributed by atoms with Crippen LogP contribution in [0.25, 0.3) is 6.08 Å². The lowest BCUT2D eigenvalue weighted by atomic mass is 10.0. The summed E-state index contributed by atoms with van der Waals surface area (Å²) < 4.78 is 0. The van der Waals surface area contributed by atoms with E-state index in [1.807, 2.05) is 6.08 Å². The van der Waals surface area contributed by atoms with Crippen LogP contribution in [0.15, 0.2) is 42.5 Å². The fraction of sp³-hybridized carbons (Fsp3) is 0.450. The monoisotopic (exact) mass is 345 g/mol. The van der Waals surface area contributed by atoms with E-state index in [0.717, 1.165) is 25.7 Å². The van der Waals surface area contributed by atoms with E-state index in [9.17, 15) is 20.0 Å². The highest BCUT2D eigenvalue weighted by Crippen LogP contribution is 2.19. The molecular formula is C20H27NO4. The van der Waals surface area contributed by atoms with Gasteiger partial charge in [-0.2, -0.15) is 0 Å². The molecular weight excluding hydrogens is 318 g/mol. The number of benzene rings is 1. The second kappa shape index (κ2) is 12.0. The molecule has 0 heterocycles. The average Bonchev–Trinajstić information content (AvgIpc) is 2.59. The summed E-state index contributed by atoms with van der Waals surface area (Å²) in [4.78, 5) is 21.7. The van der Waals surface area contributed by atoms with Crippen LogP contribution < -0.4 is 0 Å². The fourth-order valence-corrected chi connectivity index (χ4v) is 2.66. The van der Waals surface area contributed by atoms with E-state index < -0.39 is 10.9 Å². The summed E-state index contributed by atoms with van der Waals surface area (Å²) in [6.45, 7) is 3.71. The molecule has 1 aromatic rings. The van der Waals surface area contributed by atoms with Gasteiger partial charge in [-0.15, -0.1) is 6.58 Å². The minimum absolute atomic E-state index is 0.0325. The lowest BCUT2D eigenvalue weighted by Gasteiger charge is -2.04. The number of non-ortho nitro benzene ring substituents is 1. The number of rotatable bonds is 13. The van der Waals surface area contributed by atoms with Crippen molar-refractivity contribution in [2.24, 2.45) is 0 Å². The van der Waals surface area contributed by atoms with E-state index >= 15 is 0 Å². The summed E-state index contributed by atoms with van der Waals surface area (Å²) in [7, 11) is 0. The van der Waals surface area contributed by atoms with Gasteiger partial charge in [0, 0.05) is 17.7 Å². The highest BCUT2D eigenvalue weighted by atomic mass is 16.6. The van der Waals surface area contributed by atoms with Crippen LogP contribution in [0.2, 0.25) is 0 Å². The Balaban J connectivity index is 2.42. The molecule has 0 radical (unpaired) electrons. The molecule has 0 saturated carbocycles. The van der Waals surface area contributed by atoms with Crippen molar-refractivity contribution in [2.75, 3.05) is 0 Å². The molecule has 1 aromatic carbocycles. The number of carbonyl (C=O) groups is 1. The first kappa shape index (κ1) is 20.6. The standard InChI is InChI=1S/C20H27NO4/c1-2-3-4-5-6-7-8-9-10-13-18(20(22)23)15-17-12-11-14-19(16-17)21(24)25/h2,11-12,14-16H,1,3-10,13H2,(H,22,23). The summed E-state index contributed by atoms with van der Waals surface area (Å²) in [5, 5.41) is 20.1. The van der Waals surface area contributed by atoms with Crippen LogP contribution in [0, 0.1) is 10.1 Å². The number of carboxylic acid groups (broad SMARTS) is 1. The molecule has 5 nitrogen and oxygen atoms in total. The average molecular weight is 345 g/mol. The van der Waals surface area contributed by atoms with Gasteiger partial charge in [0.15, 0.2) is 0 Å². The SMILES string of the molecule is C=CCCCCCCCCCC(=Cc1cccc([N+](=O)[O-])c1)C(=O)O.